The number of carbonyl (C=O) groups is 1. The fourth-order valence-electron chi connectivity index (χ4n) is 2.01. The van der Waals surface area contributed by atoms with Gasteiger partial charge in [0.05, 0.1) is 13.1 Å². The van der Waals surface area contributed by atoms with E-state index in [1.165, 1.54) is 6.07 Å². The van der Waals surface area contributed by atoms with E-state index >= 15 is 0 Å². The second kappa shape index (κ2) is 10.3. The van der Waals surface area contributed by atoms with Crippen molar-refractivity contribution >= 4 is 27.8 Å². The average molecular weight is 435 g/mol. The van der Waals surface area contributed by atoms with E-state index in [4.69, 9.17) is 0 Å². The van der Waals surface area contributed by atoms with Crippen LogP contribution in [-0.2, 0) is 11.3 Å². The van der Waals surface area contributed by atoms with Crippen LogP contribution >= 0.6 is 15.9 Å². The van der Waals surface area contributed by atoms with E-state index in [2.05, 4.69) is 41.6 Å². The first kappa shape index (κ1) is 22.1. The van der Waals surface area contributed by atoms with Crippen LogP contribution in [0.15, 0.2) is 27.7 Å². The predicted octanol–water partition coefficient (Wildman–Crippen LogP) is 3.02. The molecule has 0 aliphatic carbocycles. The minimum atomic E-state index is -2.91. The highest BCUT2D eigenvalue weighted by molar-refractivity contribution is 9.10. The van der Waals surface area contributed by atoms with Crippen LogP contribution in [0.5, 0.6) is 5.75 Å². The van der Waals surface area contributed by atoms with Crippen molar-refractivity contribution in [3.05, 3.63) is 28.2 Å². The Balaban J connectivity index is 2.80. The summed E-state index contributed by atoms with van der Waals surface area (Å²) < 4.78 is 30.3. The summed E-state index contributed by atoms with van der Waals surface area (Å²) in [7, 11) is 0. The molecule has 6 nitrogen and oxygen atoms in total. The van der Waals surface area contributed by atoms with Gasteiger partial charge in [0, 0.05) is 22.1 Å². The van der Waals surface area contributed by atoms with Gasteiger partial charge in [-0.15, -0.1) is 0 Å². The highest BCUT2D eigenvalue weighted by Crippen LogP contribution is 2.25. The Morgan fingerprint density at radius 2 is 2.00 bits per heavy atom. The molecule has 146 valence electrons. The van der Waals surface area contributed by atoms with E-state index in [1.54, 1.807) is 12.1 Å². The van der Waals surface area contributed by atoms with Gasteiger partial charge in [-0.25, -0.2) is 4.99 Å². The fourth-order valence-corrected chi connectivity index (χ4v) is 2.42. The summed E-state index contributed by atoms with van der Waals surface area (Å²) in [5.74, 6) is 0.292. The number of amides is 1. The SMILES string of the molecule is CCNC(=NCc1cc(Br)ccc1OC(F)F)NCC(=O)NC(C)(C)C. The molecule has 1 aromatic rings. The van der Waals surface area contributed by atoms with Gasteiger partial charge in [-0.2, -0.15) is 8.78 Å². The van der Waals surface area contributed by atoms with Gasteiger partial charge < -0.3 is 20.7 Å². The van der Waals surface area contributed by atoms with Crippen LogP contribution in [0.3, 0.4) is 0 Å². The number of alkyl halides is 2. The molecule has 0 saturated carbocycles. The van der Waals surface area contributed by atoms with E-state index in [1.807, 2.05) is 27.7 Å². The van der Waals surface area contributed by atoms with Crippen LogP contribution in [0.25, 0.3) is 0 Å². The third-order valence-electron chi connectivity index (χ3n) is 2.92. The van der Waals surface area contributed by atoms with Crippen LogP contribution in [0.1, 0.15) is 33.3 Å². The molecule has 0 heterocycles. The lowest BCUT2D eigenvalue weighted by Gasteiger charge is -2.21. The zero-order valence-corrected chi connectivity index (χ0v) is 16.9. The Hall–Kier alpha value is -1.90. The number of nitrogens with one attached hydrogen (secondary N) is 3. The largest absolute Gasteiger partial charge is 0.434 e. The number of rotatable bonds is 7. The summed E-state index contributed by atoms with van der Waals surface area (Å²) in [5, 5.41) is 8.75. The monoisotopic (exact) mass is 434 g/mol. The molecule has 0 unspecified atom stereocenters. The molecule has 0 fully saturated rings. The summed E-state index contributed by atoms with van der Waals surface area (Å²) in [6, 6.07) is 4.74. The second-order valence-corrected chi connectivity index (χ2v) is 7.39. The third-order valence-corrected chi connectivity index (χ3v) is 3.41. The molecule has 1 rings (SSSR count). The first-order valence-corrected chi connectivity index (χ1v) is 8.96. The first-order valence-electron chi connectivity index (χ1n) is 8.17. The molecule has 3 N–H and O–H groups in total. The number of halogens is 3. The number of benzene rings is 1. The van der Waals surface area contributed by atoms with Gasteiger partial charge in [-0.3, -0.25) is 4.79 Å². The van der Waals surface area contributed by atoms with Crippen molar-refractivity contribution in [1.29, 1.82) is 0 Å². The third kappa shape index (κ3) is 8.98. The van der Waals surface area contributed by atoms with Crippen molar-refractivity contribution in [1.82, 2.24) is 16.0 Å². The van der Waals surface area contributed by atoms with Gasteiger partial charge in [0.15, 0.2) is 5.96 Å². The number of carbonyl (C=O) groups excluding carboxylic acids is 1. The number of hydrogen-bond donors (Lipinski definition) is 3. The van der Waals surface area contributed by atoms with Gasteiger partial charge >= 0.3 is 6.61 Å². The Bertz CT molecular complexity index is 634. The van der Waals surface area contributed by atoms with Gasteiger partial charge in [-0.05, 0) is 45.9 Å². The minimum Gasteiger partial charge on any atom is -0.434 e. The predicted molar refractivity (Wildman–Crippen MR) is 101 cm³/mol. The van der Waals surface area contributed by atoms with E-state index < -0.39 is 6.61 Å². The molecule has 0 aliphatic heterocycles. The van der Waals surface area contributed by atoms with Crippen LogP contribution in [-0.4, -0.2) is 37.1 Å². The van der Waals surface area contributed by atoms with Gasteiger partial charge in [0.1, 0.15) is 5.75 Å². The zero-order chi connectivity index (χ0) is 19.7. The molecule has 1 amide bonds. The van der Waals surface area contributed by atoms with Crippen LogP contribution in [0, 0.1) is 0 Å². The Kier molecular flexibility index (Phi) is 8.77. The van der Waals surface area contributed by atoms with Crippen LogP contribution < -0.4 is 20.7 Å². The molecule has 1 aromatic carbocycles. The van der Waals surface area contributed by atoms with Gasteiger partial charge in [-0.1, -0.05) is 15.9 Å². The summed E-state index contributed by atoms with van der Waals surface area (Å²) in [5.41, 5.74) is 0.169. The zero-order valence-electron chi connectivity index (χ0n) is 15.3. The number of ether oxygens (including phenoxy) is 1. The number of aliphatic imine (C=N–C) groups is 1. The maximum atomic E-state index is 12.5. The highest BCUT2D eigenvalue weighted by Gasteiger charge is 2.14. The molecule has 0 atom stereocenters. The van der Waals surface area contributed by atoms with E-state index in [0.717, 1.165) is 4.47 Å². The van der Waals surface area contributed by atoms with Crippen molar-refractivity contribution < 1.29 is 18.3 Å². The topological polar surface area (TPSA) is 74.8 Å². The summed E-state index contributed by atoms with van der Waals surface area (Å²) >= 11 is 3.30. The van der Waals surface area contributed by atoms with E-state index in [0.29, 0.717) is 18.1 Å². The van der Waals surface area contributed by atoms with Crippen LogP contribution in [0.2, 0.25) is 0 Å². The first-order chi connectivity index (χ1) is 12.1. The van der Waals surface area contributed by atoms with E-state index in [-0.39, 0.29) is 30.3 Å². The molecule has 0 aliphatic rings. The molecule has 0 radical (unpaired) electrons. The normalized spacial score (nSPS) is 12.1. The lowest BCUT2D eigenvalue weighted by Crippen LogP contribution is -2.48. The Labute approximate surface area is 160 Å². The number of hydrogen-bond acceptors (Lipinski definition) is 3. The van der Waals surface area contributed by atoms with Gasteiger partial charge in [0.25, 0.3) is 0 Å². The molecule has 0 spiro atoms. The highest BCUT2D eigenvalue weighted by atomic mass is 79.9. The van der Waals surface area contributed by atoms with Crippen molar-refractivity contribution in [2.24, 2.45) is 4.99 Å². The van der Waals surface area contributed by atoms with Crippen molar-refractivity contribution in [2.45, 2.75) is 46.4 Å². The standard InChI is InChI=1S/C17H25BrF2N4O2/c1-5-21-16(23-10-14(25)24-17(2,3)4)22-9-11-8-12(18)6-7-13(11)26-15(19)20/h6-8,15H,5,9-10H2,1-4H3,(H,24,25)(H2,21,22,23). The Morgan fingerprint density at radius 1 is 1.31 bits per heavy atom. The lowest BCUT2D eigenvalue weighted by molar-refractivity contribution is -0.121. The second-order valence-electron chi connectivity index (χ2n) is 6.48. The lowest BCUT2D eigenvalue weighted by atomic mass is 10.1. The summed E-state index contributed by atoms with van der Waals surface area (Å²) in [6.45, 7) is 5.39. The molecular weight excluding hydrogens is 410 g/mol. The van der Waals surface area contributed by atoms with Crippen molar-refractivity contribution in [3.63, 3.8) is 0 Å². The maximum Gasteiger partial charge on any atom is 0.387 e. The van der Waals surface area contributed by atoms with E-state index in [9.17, 15) is 13.6 Å². The average Bonchev–Trinajstić information content (AvgIpc) is 2.50. The maximum absolute atomic E-state index is 12.5. The summed E-state index contributed by atoms with van der Waals surface area (Å²) in [6.07, 6.45) is 0. The fraction of sp³-hybridized carbons (Fsp3) is 0.529. The number of nitrogens with zero attached hydrogens (tertiary/aromatic N) is 1. The molecule has 0 saturated heterocycles. The molecular formula is C17H25BrF2N4O2. The van der Waals surface area contributed by atoms with Gasteiger partial charge in [0.2, 0.25) is 5.91 Å². The molecule has 0 aromatic heterocycles. The number of guanidine groups is 1. The quantitative estimate of drug-likeness (QED) is 0.455. The molecule has 9 heteroatoms. The van der Waals surface area contributed by atoms with Crippen molar-refractivity contribution in [2.75, 3.05) is 13.1 Å². The Morgan fingerprint density at radius 3 is 2.58 bits per heavy atom. The minimum absolute atomic E-state index is 0.0436. The van der Waals surface area contributed by atoms with Crippen LogP contribution in [0.4, 0.5) is 8.78 Å². The smallest absolute Gasteiger partial charge is 0.387 e. The van der Waals surface area contributed by atoms with Crippen molar-refractivity contribution in [3.8, 4) is 5.75 Å². The molecule has 0 bridgehead atoms. The molecule has 26 heavy (non-hydrogen) atoms. The summed E-state index contributed by atoms with van der Waals surface area (Å²) in [4.78, 5) is 16.2.